The van der Waals surface area contributed by atoms with Crippen LogP contribution in [0, 0.1) is 0 Å². The van der Waals surface area contributed by atoms with Crippen LogP contribution in [0.2, 0.25) is 5.02 Å². The summed E-state index contributed by atoms with van der Waals surface area (Å²) in [5, 5.41) is 5.99. The maximum atomic E-state index is 12.3. The number of hydrogen-bond acceptors (Lipinski definition) is 6. The van der Waals surface area contributed by atoms with E-state index in [4.69, 9.17) is 21.1 Å². The fourth-order valence-electron chi connectivity index (χ4n) is 2.63. The highest BCUT2D eigenvalue weighted by atomic mass is 35.5. The normalized spacial score (nSPS) is 12.9. The van der Waals surface area contributed by atoms with Crippen LogP contribution in [0.25, 0.3) is 0 Å². The molecule has 146 valence electrons. The first kappa shape index (κ1) is 21.2. The molecule has 0 spiro atoms. The van der Waals surface area contributed by atoms with Gasteiger partial charge in [0.2, 0.25) is 5.91 Å². The molecule has 1 N–H and O–H groups in total. The Balaban J connectivity index is 1.91. The van der Waals surface area contributed by atoms with Gasteiger partial charge in [-0.2, -0.15) is 0 Å². The van der Waals surface area contributed by atoms with E-state index >= 15 is 0 Å². The monoisotopic (exact) mass is 410 g/mol. The number of aromatic nitrogens is 1. The van der Waals surface area contributed by atoms with Crippen molar-refractivity contribution in [2.75, 3.05) is 7.11 Å². The minimum Gasteiger partial charge on any atom is -0.486 e. The Labute approximate surface area is 167 Å². The second-order valence-corrected chi connectivity index (χ2v) is 7.65. The number of thiazole rings is 1. The topological polar surface area (TPSA) is 77.5 Å². The summed E-state index contributed by atoms with van der Waals surface area (Å²) in [5.74, 6) is -0.0258. The number of methoxy groups -OCH3 is 1. The zero-order valence-corrected chi connectivity index (χ0v) is 17.2. The Bertz CT molecular complexity index is 778. The molecule has 1 amide bonds. The summed E-state index contributed by atoms with van der Waals surface area (Å²) in [7, 11) is 1.32. The molecule has 0 fully saturated rings. The molecule has 0 bridgehead atoms. The highest BCUT2D eigenvalue weighted by Gasteiger charge is 2.35. The van der Waals surface area contributed by atoms with Crippen molar-refractivity contribution in [3.8, 4) is 5.75 Å². The van der Waals surface area contributed by atoms with Gasteiger partial charge in [-0.1, -0.05) is 24.9 Å². The van der Waals surface area contributed by atoms with Gasteiger partial charge >= 0.3 is 5.97 Å². The van der Waals surface area contributed by atoms with Gasteiger partial charge in [0.25, 0.3) is 0 Å². The number of hydrogen-bond donors (Lipinski definition) is 1. The molecule has 1 aromatic carbocycles. The molecule has 1 heterocycles. The van der Waals surface area contributed by atoms with E-state index in [0.29, 0.717) is 29.5 Å². The highest BCUT2D eigenvalue weighted by Crippen LogP contribution is 2.19. The molecule has 8 heteroatoms. The van der Waals surface area contributed by atoms with Crippen LogP contribution in [0.5, 0.6) is 5.75 Å². The van der Waals surface area contributed by atoms with Crippen LogP contribution in [0.3, 0.4) is 0 Å². The average molecular weight is 411 g/mol. The van der Waals surface area contributed by atoms with Gasteiger partial charge in [-0.15, -0.1) is 11.3 Å². The maximum Gasteiger partial charge on any atom is 0.331 e. The Morgan fingerprint density at radius 2 is 2.00 bits per heavy atom. The number of esters is 1. The van der Waals surface area contributed by atoms with Gasteiger partial charge in [-0.3, -0.25) is 4.79 Å². The number of carbonyl (C=O) groups excluding carboxylic acids is 2. The number of ether oxygens (including phenoxy) is 2. The molecular weight excluding hydrogens is 388 g/mol. The Kier molecular flexibility index (Phi) is 7.62. The first-order chi connectivity index (χ1) is 12.9. The van der Waals surface area contributed by atoms with Crippen molar-refractivity contribution in [3.63, 3.8) is 0 Å². The van der Waals surface area contributed by atoms with Gasteiger partial charge < -0.3 is 14.8 Å². The fourth-order valence-corrected chi connectivity index (χ4v) is 3.46. The molecule has 0 aliphatic heterocycles. The average Bonchev–Trinajstić information content (AvgIpc) is 3.07. The van der Waals surface area contributed by atoms with Crippen molar-refractivity contribution in [1.29, 1.82) is 0 Å². The molecular formula is C19H23ClN2O4S. The number of nitrogens with zero attached hydrogens (tertiary/aromatic N) is 1. The Hall–Kier alpha value is -2.12. The zero-order valence-electron chi connectivity index (χ0n) is 15.6. The van der Waals surface area contributed by atoms with Crippen molar-refractivity contribution < 1.29 is 19.1 Å². The molecule has 2 aromatic rings. The Morgan fingerprint density at radius 1 is 1.30 bits per heavy atom. The molecule has 6 nitrogen and oxygen atoms in total. The van der Waals surface area contributed by atoms with E-state index in [1.54, 1.807) is 31.2 Å². The maximum absolute atomic E-state index is 12.3. The minimum atomic E-state index is -1.03. The summed E-state index contributed by atoms with van der Waals surface area (Å²) < 4.78 is 10.5. The molecule has 1 atom stereocenters. The van der Waals surface area contributed by atoms with Crippen molar-refractivity contribution >= 4 is 34.8 Å². The molecule has 0 aliphatic rings. The van der Waals surface area contributed by atoms with E-state index in [9.17, 15) is 9.59 Å². The van der Waals surface area contributed by atoms with Crippen LogP contribution in [-0.4, -0.2) is 29.5 Å². The van der Waals surface area contributed by atoms with Crippen LogP contribution in [0.1, 0.15) is 37.4 Å². The zero-order chi connectivity index (χ0) is 19.9. The van der Waals surface area contributed by atoms with Crippen LogP contribution in [0.4, 0.5) is 0 Å². The highest BCUT2D eigenvalue weighted by molar-refractivity contribution is 7.09. The van der Waals surface area contributed by atoms with Gasteiger partial charge in [-0.05, 0) is 37.6 Å². The third-order valence-electron chi connectivity index (χ3n) is 3.92. The van der Waals surface area contributed by atoms with Crippen molar-refractivity contribution in [1.82, 2.24) is 10.3 Å². The standard InChI is InChI=1S/C19H23ClN2O4S/c1-4-9-19(2,18(24)25-3)22-16(23)10-14-12-27-17(21-14)11-26-15-7-5-13(20)6-8-15/h5-8,12H,4,9-11H2,1-3H3,(H,22,23). The second-order valence-electron chi connectivity index (χ2n) is 6.27. The summed E-state index contributed by atoms with van der Waals surface area (Å²) in [6, 6.07) is 7.07. The second kappa shape index (κ2) is 9.71. The molecule has 0 saturated carbocycles. The van der Waals surface area contributed by atoms with E-state index in [2.05, 4.69) is 10.3 Å². The van der Waals surface area contributed by atoms with E-state index in [1.807, 2.05) is 12.3 Å². The van der Waals surface area contributed by atoms with Gasteiger partial charge in [0.15, 0.2) is 0 Å². The smallest absolute Gasteiger partial charge is 0.331 e. The van der Waals surface area contributed by atoms with Crippen LogP contribution >= 0.6 is 22.9 Å². The van der Waals surface area contributed by atoms with Crippen molar-refractivity contribution in [3.05, 3.63) is 45.4 Å². The number of rotatable bonds is 9. The molecule has 27 heavy (non-hydrogen) atoms. The lowest BCUT2D eigenvalue weighted by Gasteiger charge is -2.27. The van der Waals surface area contributed by atoms with E-state index in [1.165, 1.54) is 18.4 Å². The number of nitrogens with one attached hydrogen (secondary N) is 1. The lowest BCUT2D eigenvalue weighted by atomic mass is 9.96. The molecule has 2 rings (SSSR count). The third kappa shape index (κ3) is 6.22. The van der Waals surface area contributed by atoms with E-state index in [0.717, 1.165) is 11.4 Å². The lowest BCUT2D eigenvalue weighted by Crippen LogP contribution is -2.53. The van der Waals surface area contributed by atoms with Gasteiger partial charge in [0.1, 0.15) is 22.9 Å². The van der Waals surface area contributed by atoms with E-state index < -0.39 is 11.5 Å². The van der Waals surface area contributed by atoms with Gasteiger partial charge in [-0.25, -0.2) is 9.78 Å². The predicted molar refractivity (Wildman–Crippen MR) is 105 cm³/mol. The molecule has 0 aliphatic carbocycles. The first-order valence-electron chi connectivity index (χ1n) is 8.57. The van der Waals surface area contributed by atoms with Crippen molar-refractivity contribution in [2.24, 2.45) is 0 Å². The predicted octanol–water partition coefficient (Wildman–Crippen LogP) is 3.77. The minimum absolute atomic E-state index is 0.0910. The molecule has 0 saturated heterocycles. The molecule has 0 radical (unpaired) electrons. The van der Waals surface area contributed by atoms with Crippen LogP contribution < -0.4 is 10.1 Å². The molecule has 1 aromatic heterocycles. The number of amides is 1. The number of benzene rings is 1. The summed E-state index contributed by atoms with van der Waals surface area (Å²) >= 11 is 7.26. The van der Waals surface area contributed by atoms with Crippen LogP contribution in [-0.2, 0) is 27.4 Å². The third-order valence-corrected chi connectivity index (χ3v) is 5.04. The van der Waals surface area contributed by atoms with Crippen LogP contribution in [0.15, 0.2) is 29.6 Å². The number of halogens is 1. The quantitative estimate of drug-likeness (QED) is 0.637. The summed E-state index contributed by atoms with van der Waals surface area (Å²) in [6.45, 7) is 3.93. The van der Waals surface area contributed by atoms with Crippen molar-refractivity contribution in [2.45, 2.75) is 45.3 Å². The number of carbonyl (C=O) groups is 2. The van der Waals surface area contributed by atoms with Gasteiger partial charge in [0.05, 0.1) is 19.2 Å². The summed E-state index contributed by atoms with van der Waals surface area (Å²) in [4.78, 5) is 28.7. The summed E-state index contributed by atoms with van der Waals surface area (Å²) in [6.07, 6.45) is 1.34. The SMILES string of the molecule is CCCC(C)(NC(=O)Cc1csc(COc2ccc(Cl)cc2)n1)C(=O)OC. The van der Waals surface area contributed by atoms with E-state index in [-0.39, 0.29) is 12.3 Å². The van der Waals surface area contributed by atoms with Gasteiger partial charge in [0, 0.05) is 10.4 Å². The molecule has 1 unspecified atom stereocenters. The largest absolute Gasteiger partial charge is 0.486 e. The lowest BCUT2D eigenvalue weighted by molar-refractivity contribution is -0.150. The summed E-state index contributed by atoms with van der Waals surface area (Å²) in [5.41, 5.74) is -0.396. The first-order valence-corrected chi connectivity index (χ1v) is 9.83. The fraction of sp³-hybridized carbons (Fsp3) is 0.421. The Morgan fingerprint density at radius 3 is 2.63 bits per heavy atom.